The molecule has 0 unspecified atom stereocenters. The first kappa shape index (κ1) is 21.6. The maximum absolute atomic E-state index is 12.2. The number of aryl methyl sites for hydroxylation is 3. The Kier molecular flexibility index (Phi) is 7.31. The monoisotopic (exact) mass is 404 g/mol. The molecule has 7 nitrogen and oxygen atoms in total. The molecule has 2 N–H and O–H groups in total. The van der Waals surface area contributed by atoms with Gasteiger partial charge in [-0.2, -0.15) is 0 Å². The molecular formula is C20H24N2O5S. The van der Waals surface area contributed by atoms with Crippen LogP contribution >= 0.6 is 0 Å². The minimum Gasteiger partial charge on any atom is -0.460 e. The Bertz CT molecular complexity index is 970. The maximum Gasteiger partial charge on any atom is 0.325 e. The van der Waals surface area contributed by atoms with Crippen molar-refractivity contribution in [3.63, 3.8) is 0 Å². The number of sulfonamides is 1. The van der Waals surface area contributed by atoms with Crippen molar-refractivity contribution in [3.05, 3.63) is 64.7 Å². The molecule has 8 heteroatoms. The number of rotatable bonds is 8. The number of hydrogen-bond donors (Lipinski definition) is 2. The molecule has 150 valence electrons. The van der Waals surface area contributed by atoms with Crippen molar-refractivity contribution in [1.29, 1.82) is 0 Å². The smallest absolute Gasteiger partial charge is 0.325 e. The normalized spacial score (nSPS) is 11.1. The third-order valence-corrected chi connectivity index (χ3v) is 5.52. The summed E-state index contributed by atoms with van der Waals surface area (Å²) < 4.78 is 31.8. The van der Waals surface area contributed by atoms with Gasteiger partial charge in [0.15, 0.2) is 0 Å². The minimum absolute atomic E-state index is 0.0842. The van der Waals surface area contributed by atoms with Gasteiger partial charge in [-0.05, 0) is 49.6 Å². The van der Waals surface area contributed by atoms with E-state index in [-0.39, 0.29) is 18.0 Å². The summed E-state index contributed by atoms with van der Waals surface area (Å²) >= 11 is 0. The molecule has 0 atom stereocenters. The van der Waals surface area contributed by atoms with Crippen molar-refractivity contribution in [2.75, 3.05) is 13.1 Å². The van der Waals surface area contributed by atoms with Crippen LogP contribution in [0.4, 0.5) is 0 Å². The molecule has 0 aliphatic rings. The predicted molar refractivity (Wildman–Crippen MR) is 105 cm³/mol. The van der Waals surface area contributed by atoms with Crippen LogP contribution in [0.25, 0.3) is 0 Å². The van der Waals surface area contributed by atoms with E-state index in [0.29, 0.717) is 0 Å². The highest BCUT2D eigenvalue weighted by Gasteiger charge is 2.16. The molecule has 0 spiro atoms. The van der Waals surface area contributed by atoms with E-state index in [2.05, 4.69) is 10.0 Å². The van der Waals surface area contributed by atoms with E-state index < -0.39 is 28.4 Å². The van der Waals surface area contributed by atoms with Crippen LogP contribution in [0.3, 0.4) is 0 Å². The van der Waals surface area contributed by atoms with E-state index in [9.17, 15) is 18.0 Å². The third-order valence-electron chi connectivity index (χ3n) is 4.12. The Labute approximate surface area is 165 Å². The van der Waals surface area contributed by atoms with E-state index in [1.165, 1.54) is 12.1 Å². The molecule has 0 radical (unpaired) electrons. The van der Waals surface area contributed by atoms with E-state index in [4.69, 9.17) is 4.74 Å². The van der Waals surface area contributed by atoms with Crippen LogP contribution in [0.15, 0.2) is 47.4 Å². The number of esters is 1. The van der Waals surface area contributed by atoms with Crippen molar-refractivity contribution in [1.82, 2.24) is 10.0 Å². The summed E-state index contributed by atoms with van der Waals surface area (Å²) in [6, 6.07) is 12.2. The van der Waals surface area contributed by atoms with Gasteiger partial charge in [-0.1, -0.05) is 35.9 Å². The number of carbonyl (C=O) groups is 2. The van der Waals surface area contributed by atoms with Crippen LogP contribution in [0, 0.1) is 20.8 Å². The summed E-state index contributed by atoms with van der Waals surface area (Å²) in [5.41, 5.74) is 3.71. The average Bonchev–Trinajstić information content (AvgIpc) is 2.65. The SMILES string of the molecule is Cc1cccc(COC(=O)CNC(=O)CNS(=O)(=O)c2ccc(C)c(C)c2)c1. The second-order valence-corrected chi connectivity index (χ2v) is 8.26. The fraction of sp³-hybridized carbons (Fsp3) is 0.300. The van der Waals surface area contributed by atoms with Crippen LogP contribution in [-0.2, 0) is 31.0 Å². The van der Waals surface area contributed by atoms with Crippen LogP contribution < -0.4 is 10.0 Å². The van der Waals surface area contributed by atoms with Gasteiger partial charge in [0.1, 0.15) is 13.2 Å². The Morgan fingerprint density at radius 2 is 1.71 bits per heavy atom. The summed E-state index contributed by atoms with van der Waals surface area (Å²) in [5, 5.41) is 2.33. The third kappa shape index (κ3) is 6.47. The molecule has 0 saturated carbocycles. The molecule has 2 aromatic rings. The predicted octanol–water partition coefficient (Wildman–Crippen LogP) is 1.75. The summed E-state index contributed by atoms with van der Waals surface area (Å²) in [5.74, 6) is -1.23. The van der Waals surface area contributed by atoms with Gasteiger partial charge in [0.25, 0.3) is 0 Å². The molecule has 0 saturated heterocycles. The van der Waals surface area contributed by atoms with E-state index in [1.807, 2.05) is 45.0 Å². The zero-order valence-corrected chi connectivity index (χ0v) is 16.9. The summed E-state index contributed by atoms with van der Waals surface area (Å²) in [6.45, 7) is 4.92. The lowest BCUT2D eigenvalue weighted by molar-refractivity contribution is -0.145. The van der Waals surface area contributed by atoms with Gasteiger partial charge in [0, 0.05) is 0 Å². The maximum atomic E-state index is 12.2. The molecule has 2 rings (SSSR count). The molecule has 28 heavy (non-hydrogen) atoms. The lowest BCUT2D eigenvalue weighted by Crippen LogP contribution is -2.39. The van der Waals surface area contributed by atoms with Crippen LogP contribution in [0.5, 0.6) is 0 Å². The number of nitrogens with one attached hydrogen (secondary N) is 2. The molecule has 0 heterocycles. The first-order valence-corrected chi connectivity index (χ1v) is 10.2. The Balaban J connectivity index is 1.77. The van der Waals surface area contributed by atoms with Crippen molar-refractivity contribution < 1.29 is 22.7 Å². The lowest BCUT2D eigenvalue weighted by Gasteiger charge is -2.09. The van der Waals surface area contributed by atoms with Crippen molar-refractivity contribution >= 4 is 21.9 Å². The van der Waals surface area contributed by atoms with E-state index >= 15 is 0 Å². The Hall–Kier alpha value is -2.71. The van der Waals surface area contributed by atoms with Gasteiger partial charge in [-0.25, -0.2) is 13.1 Å². The molecule has 0 aliphatic carbocycles. The second-order valence-electron chi connectivity index (χ2n) is 6.50. The molecule has 0 aliphatic heterocycles. The second kappa shape index (κ2) is 9.48. The molecule has 1 amide bonds. The number of amides is 1. The highest BCUT2D eigenvalue weighted by atomic mass is 32.2. The van der Waals surface area contributed by atoms with Gasteiger partial charge >= 0.3 is 5.97 Å². The molecule has 0 aromatic heterocycles. The number of benzene rings is 2. The standard InChI is InChI=1S/C20H24N2O5S/c1-14-5-4-6-17(9-14)13-27-20(24)12-21-19(23)11-22-28(25,26)18-8-7-15(2)16(3)10-18/h4-10,22H,11-13H2,1-3H3,(H,21,23). The average molecular weight is 404 g/mol. The van der Waals surface area contributed by atoms with Gasteiger partial charge in [0.2, 0.25) is 15.9 Å². The number of hydrogen-bond acceptors (Lipinski definition) is 5. The quantitative estimate of drug-likeness (QED) is 0.653. The van der Waals surface area contributed by atoms with Crippen molar-refractivity contribution in [2.45, 2.75) is 32.3 Å². The topological polar surface area (TPSA) is 102 Å². The lowest BCUT2D eigenvalue weighted by atomic mass is 10.1. The largest absolute Gasteiger partial charge is 0.460 e. The van der Waals surface area contributed by atoms with E-state index in [0.717, 1.165) is 22.3 Å². The number of carbonyl (C=O) groups excluding carboxylic acids is 2. The first-order valence-electron chi connectivity index (χ1n) is 8.72. The van der Waals surface area contributed by atoms with Crippen LogP contribution in [-0.4, -0.2) is 33.4 Å². The zero-order chi connectivity index (χ0) is 20.7. The van der Waals surface area contributed by atoms with Gasteiger partial charge < -0.3 is 10.1 Å². The number of ether oxygens (including phenoxy) is 1. The van der Waals surface area contributed by atoms with E-state index in [1.54, 1.807) is 6.07 Å². The highest BCUT2D eigenvalue weighted by Crippen LogP contribution is 2.14. The summed E-state index contributed by atoms with van der Waals surface area (Å²) in [6.07, 6.45) is 0. The van der Waals surface area contributed by atoms with Gasteiger partial charge in [0.05, 0.1) is 11.4 Å². The summed E-state index contributed by atoms with van der Waals surface area (Å²) in [7, 11) is -3.81. The Morgan fingerprint density at radius 3 is 2.39 bits per heavy atom. The minimum atomic E-state index is -3.81. The first-order chi connectivity index (χ1) is 13.2. The highest BCUT2D eigenvalue weighted by molar-refractivity contribution is 7.89. The van der Waals surface area contributed by atoms with Gasteiger partial charge in [-0.3, -0.25) is 9.59 Å². The molecular weight excluding hydrogens is 380 g/mol. The zero-order valence-electron chi connectivity index (χ0n) is 16.1. The Morgan fingerprint density at radius 1 is 0.964 bits per heavy atom. The van der Waals surface area contributed by atoms with Crippen molar-refractivity contribution in [2.24, 2.45) is 0 Å². The fourth-order valence-electron chi connectivity index (χ4n) is 2.37. The molecule has 0 fully saturated rings. The van der Waals surface area contributed by atoms with Gasteiger partial charge in [-0.15, -0.1) is 0 Å². The van der Waals surface area contributed by atoms with Crippen LogP contribution in [0.2, 0.25) is 0 Å². The van der Waals surface area contributed by atoms with Crippen molar-refractivity contribution in [3.8, 4) is 0 Å². The molecule has 0 bridgehead atoms. The summed E-state index contributed by atoms with van der Waals surface area (Å²) in [4.78, 5) is 23.6. The fourth-order valence-corrected chi connectivity index (χ4v) is 3.44. The molecule has 2 aromatic carbocycles. The van der Waals surface area contributed by atoms with Crippen LogP contribution in [0.1, 0.15) is 22.3 Å².